The smallest absolute Gasteiger partial charge is 0.197 e. The molecule has 8 heteroatoms. The summed E-state index contributed by atoms with van der Waals surface area (Å²) in [7, 11) is 0. The average Bonchev–Trinajstić information content (AvgIpc) is 3.45. The van der Waals surface area contributed by atoms with Crippen LogP contribution < -0.4 is 4.90 Å². The first-order valence-corrected chi connectivity index (χ1v) is 10.5. The highest BCUT2D eigenvalue weighted by Gasteiger charge is 2.46. The molecule has 6 rings (SSSR count). The van der Waals surface area contributed by atoms with Crippen molar-refractivity contribution in [3.8, 4) is 11.6 Å². The molecule has 2 saturated heterocycles. The fourth-order valence-corrected chi connectivity index (χ4v) is 4.80. The zero-order valence-corrected chi connectivity index (χ0v) is 16.8. The number of benzene rings is 1. The second-order valence-electron chi connectivity index (χ2n) is 8.86. The highest BCUT2D eigenvalue weighted by Crippen LogP contribution is 2.55. The molecule has 6 nitrogen and oxygen atoms in total. The largest absolute Gasteiger partial charge is 0.380 e. The van der Waals surface area contributed by atoms with Crippen LogP contribution in [0.15, 0.2) is 43.0 Å². The SMILES string of the molecule is Fc1cc([C@@H]2C[C@H]2c2cnc(-c3ncccn3)nc2)cc(N2CCC3(COC3)C2)c1F. The van der Waals surface area contributed by atoms with E-state index < -0.39 is 11.6 Å². The van der Waals surface area contributed by atoms with Gasteiger partial charge < -0.3 is 9.64 Å². The maximum absolute atomic E-state index is 14.6. The molecule has 1 spiro atoms. The summed E-state index contributed by atoms with van der Waals surface area (Å²) in [6.07, 6.45) is 8.69. The Labute approximate surface area is 178 Å². The van der Waals surface area contributed by atoms with E-state index in [1.54, 1.807) is 30.9 Å². The van der Waals surface area contributed by atoms with Gasteiger partial charge in [0, 0.05) is 43.3 Å². The number of nitrogens with zero attached hydrogens (tertiary/aromatic N) is 5. The third kappa shape index (κ3) is 3.26. The lowest BCUT2D eigenvalue weighted by atomic mass is 9.85. The van der Waals surface area contributed by atoms with Gasteiger partial charge >= 0.3 is 0 Å². The molecule has 4 heterocycles. The van der Waals surface area contributed by atoms with E-state index in [-0.39, 0.29) is 17.3 Å². The van der Waals surface area contributed by atoms with Crippen LogP contribution in [0.25, 0.3) is 11.6 Å². The second kappa shape index (κ2) is 7.02. The summed E-state index contributed by atoms with van der Waals surface area (Å²) in [5, 5.41) is 0. The molecule has 2 aliphatic heterocycles. The fraction of sp³-hybridized carbons (Fsp3) is 0.391. The minimum Gasteiger partial charge on any atom is -0.380 e. The Morgan fingerprint density at radius 1 is 0.935 bits per heavy atom. The molecule has 0 amide bonds. The van der Waals surface area contributed by atoms with Gasteiger partial charge in [0.25, 0.3) is 0 Å². The van der Waals surface area contributed by atoms with Crippen LogP contribution in [0.1, 0.15) is 35.8 Å². The van der Waals surface area contributed by atoms with Crippen molar-refractivity contribution in [1.82, 2.24) is 19.9 Å². The lowest BCUT2D eigenvalue weighted by Crippen LogP contribution is -2.44. The number of hydrogen-bond acceptors (Lipinski definition) is 6. The summed E-state index contributed by atoms with van der Waals surface area (Å²) in [6.45, 7) is 2.87. The fourth-order valence-electron chi connectivity index (χ4n) is 4.80. The van der Waals surface area contributed by atoms with E-state index in [9.17, 15) is 8.78 Å². The van der Waals surface area contributed by atoms with Crippen LogP contribution in [0.3, 0.4) is 0 Å². The van der Waals surface area contributed by atoms with Crippen LogP contribution in [0.4, 0.5) is 14.5 Å². The van der Waals surface area contributed by atoms with E-state index in [0.29, 0.717) is 30.5 Å². The maximum Gasteiger partial charge on any atom is 0.197 e. The molecule has 158 valence electrons. The van der Waals surface area contributed by atoms with Crippen molar-refractivity contribution in [2.45, 2.75) is 24.7 Å². The Bertz CT molecular complexity index is 1120. The van der Waals surface area contributed by atoms with Crippen LogP contribution in [0.5, 0.6) is 0 Å². The van der Waals surface area contributed by atoms with Gasteiger partial charge in [-0.05, 0) is 54.0 Å². The van der Waals surface area contributed by atoms with Crippen LogP contribution in [0.2, 0.25) is 0 Å². The van der Waals surface area contributed by atoms with E-state index in [2.05, 4.69) is 19.9 Å². The monoisotopic (exact) mass is 421 g/mol. The number of rotatable bonds is 4. The normalized spacial score (nSPS) is 23.7. The van der Waals surface area contributed by atoms with Crippen LogP contribution >= 0.6 is 0 Å². The highest BCUT2D eigenvalue weighted by atomic mass is 19.2. The molecule has 0 unspecified atom stereocenters. The molecule has 3 aliphatic rings. The predicted octanol–water partition coefficient (Wildman–Crippen LogP) is 3.71. The Morgan fingerprint density at radius 3 is 2.32 bits per heavy atom. The summed E-state index contributed by atoms with van der Waals surface area (Å²) in [4.78, 5) is 19.1. The number of ether oxygens (including phenoxy) is 1. The molecule has 3 aromatic rings. The standard InChI is InChI=1S/C23H21F2N5O/c24-18-6-14(7-19(20(18)25)30-5-2-23(11-30)12-31-13-23)16-8-17(16)15-9-28-22(29-10-15)21-26-3-1-4-27-21/h1,3-4,6-7,9-10,16-17H,2,5,8,11-13H2/t16-,17-/m0/s1. The first-order chi connectivity index (χ1) is 15.1. The molecule has 0 bridgehead atoms. The zero-order chi connectivity index (χ0) is 21.0. The molecule has 1 aromatic carbocycles. The van der Waals surface area contributed by atoms with E-state index >= 15 is 0 Å². The van der Waals surface area contributed by atoms with Crippen molar-refractivity contribution in [2.75, 3.05) is 31.2 Å². The van der Waals surface area contributed by atoms with Crippen LogP contribution in [-0.2, 0) is 4.74 Å². The van der Waals surface area contributed by atoms with Crippen molar-refractivity contribution >= 4 is 5.69 Å². The average molecular weight is 421 g/mol. The van der Waals surface area contributed by atoms with Crippen LogP contribution in [-0.4, -0.2) is 46.2 Å². The number of halogens is 2. The molecule has 3 fully saturated rings. The highest BCUT2D eigenvalue weighted by molar-refractivity contribution is 5.54. The Hall–Kier alpha value is -3.00. The van der Waals surface area contributed by atoms with Gasteiger partial charge in [-0.3, -0.25) is 0 Å². The molecular weight excluding hydrogens is 400 g/mol. The van der Waals surface area contributed by atoms with E-state index in [4.69, 9.17) is 4.74 Å². The molecule has 2 atom stereocenters. The molecular formula is C23H21F2N5O. The third-order valence-electron chi connectivity index (χ3n) is 6.71. The Balaban J connectivity index is 1.22. The summed E-state index contributed by atoms with van der Waals surface area (Å²) < 4.78 is 34.5. The minimum absolute atomic E-state index is 0.114. The first kappa shape index (κ1) is 18.7. The summed E-state index contributed by atoms with van der Waals surface area (Å²) in [5.74, 6) is -0.245. The maximum atomic E-state index is 14.6. The molecule has 31 heavy (non-hydrogen) atoms. The lowest BCUT2D eigenvalue weighted by molar-refractivity contribution is -0.0985. The van der Waals surface area contributed by atoms with Crippen molar-refractivity contribution in [3.05, 3.63) is 65.7 Å². The van der Waals surface area contributed by atoms with Gasteiger partial charge in [0.1, 0.15) is 0 Å². The van der Waals surface area contributed by atoms with Crippen molar-refractivity contribution in [1.29, 1.82) is 0 Å². The van der Waals surface area contributed by atoms with E-state index in [1.165, 1.54) is 6.07 Å². The first-order valence-electron chi connectivity index (χ1n) is 10.5. The third-order valence-corrected chi connectivity index (χ3v) is 6.71. The van der Waals surface area contributed by atoms with Gasteiger partial charge in [-0.25, -0.2) is 28.7 Å². The molecule has 0 N–H and O–H groups in total. The van der Waals surface area contributed by atoms with Gasteiger partial charge in [0.05, 0.1) is 18.9 Å². The quantitative estimate of drug-likeness (QED) is 0.640. The van der Waals surface area contributed by atoms with Crippen molar-refractivity contribution in [3.63, 3.8) is 0 Å². The minimum atomic E-state index is -0.781. The predicted molar refractivity (Wildman–Crippen MR) is 110 cm³/mol. The van der Waals surface area contributed by atoms with Crippen molar-refractivity contribution in [2.24, 2.45) is 5.41 Å². The number of anilines is 1. The number of aromatic nitrogens is 4. The topological polar surface area (TPSA) is 64.0 Å². The molecule has 2 aromatic heterocycles. The molecule has 1 aliphatic carbocycles. The van der Waals surface area contributed by atoms with Gasteiger partial charge in [-0.1, -0.05) is 0 Å². The van der Waals surface area contributed by atoms with E-state index in [0.717, 1.165) is 37.1 Å². The lowest BCUT2D eigenvalue weighted by Gasteiger charge is -2.37. The van der Waals surface area contributed by atoms with Crippen molar-refractivity contribution < 1.29 is 13.5 Å². The summed E-state index contributed by atoms with van der Waals surface area (Å²) >= 11 is 0. The van der Waals surface area contributed by atoms with Gasteiger partial charge in [0.2, 0.25) is 0 Å². The number of hydrogen-bond donors (Lipinski definition) is 0. The zero-order valence-electron chi connectivity index (χ0n) is 16.8. The van der Waals surface area contributed by atoms with Crippen LogP contribution in [0, 0.1) is 17.0 Å². The molecule has 0 radical (unpaired) electrons. The van der Waals surface area contributed by atoms with E-state index in [1.807, 2.05) is 11.0 Å². The molecule has 1 saturated carbocycles. The van der Waals surface area contributed by atoms with Gasteiger partial charge in [-0.15, -0.1) is 0 Å². The Morgan fingerprint density at radius 2 is 1.65 bits per heavy atom. The van der Waals surface area contributed by atoms with Gasteiger partial charge in [-0.2, -0.15) is 0 Å². The Kier molecular flexibility index (Phi) is 4.24. The summed E-state index contributed by atoms with van der Waals surface area (Å²) in [5.41, 5.74) is 2.31. The van der Waals surface area contributed by atoms with Gasteiger partial charge in [0.15, 0.2) is 23.3 Å². The summed E-state index contributed by atoms with van der Waals surface area (Å²) in [6, 6.07) is 4.91. The second-order valence-corrected chi connectivity index (χ2v) is 8.86.